The number of aromatic amines is 1. The van der Waals surface area contributed by atoms with Crippen molar-refractivity contribution in [3.63, 3.8) is 0 Å². The molecule has 0 atom stereocenters. The normalized spacial score (nSPS) is 15.6. The fourth-order valence-corrected chi connectivity index (χ4v) is 2.77. The molecular weight excluding hydrogens is 322 g/mol. The topological polar surface area (TPSA) is 58.9 Å². The average Bonchev–Trinajstić information content (AvgIpc) is 3.25. The third kappa shape index (κ3) is 3.08. The Bertz CT molecular complexity index is 932. The summed E-state index contributed by atoms with van der Waals surface area (Å²) in [6.07, 6.45) is 4.16. The van der Waals surface area contributed by atoms with Crippen LogP contribution in [0.2, 0.25) is 5.02 Å². The maximum atomic E-state index is 5.97. The second-order valence-corrected chi connectivity index (χ2v) is 7.09. The molecule has 2 heterocycles. The van der Waals surface area contributed by atoms with Gasteiger partial charge >= 0.3 is 0 Å². The number of nitrogens with one attached hydrogen (secondary N) is 1. The van der Waals surface area contributed by atoms with Gasteiger partial charge in [0.2, 0.25) is 0 Å². The molecule has 1 N–H and O–H groups in total. The molecule has 3 aromatic rings. The third-order valence-corrected chi connectivity index (χ3v) is 4.43. The molecule has 0 aliphatic heterocycles. The van der Waals surface area contributed by atoms with Gasteiger partial charge in [-0.15, -0.1) is 0 Å². The number of hydrogen-bond acceptors (Lipinski definition) is 3. The Morgan fingerprint density at radius 3 is 2.71 bits per heavy atom. The number of hydrogen-bond donors (Lipinski definition) is 1. The number of halogens is 1. The second-order valence-electron chi connectivity index (χ2n) is 6.66. The predicted octanol–water partition coefficient (Wildman–Crippen LogP) is 3.65. The zero-order valence-corrected chi connectivity index (χ0v) is 14.6. The number of benzene rings is 1. The van der Waals surface area contributed by atoms with Gasteiger partial charge in [-0.25, -0.2) is 9.97 Å². The van der Waals surface area contributed by atoms with Crippen molar-refractivity contribution in [1.29, 1.82) is 0 Å². The highest BCUT2D eigenvalue weighted by Crippen LogP contribution is 2.23. The van der Waals surface area contributed by atoms with Gasteiger partial charge in [0.1, 0.15) is 11.3 Å². The van der Waals surface area contributed by atoms with E-state index in [9.17, 15) is 0 Å². The van der Waals surface area contributed by atoms with Gasteiger partial charge in [-0.2, -0.15) is 0 Å². The minimum atomic E-state index is 0.329. The maximum Gasteiger partial charge on any atom is 0.176 e. The van der Waals surface area contributed by atoms with E-state index < -0.39 is 0 Å². The van der Waals surface area contributed by atoms with Crippen LogP contribution < -0.4 is 5.49 Å². The van der Waals surface area contributed by atoms with Crippen LogP contribution in [-0.4, -0.2) is 25.6 Å². The molecule has 1 saturated carbocycles. The number of H-pyrrole nitrogens is 1. The molecule has 0 radical (unpaired) electrons. The molecule has 2 aromatic heterocycles. The summed E-state index contributed by atoms with van der Waals surface area (Å²) in [6.45, 7) is 4.96. The van der Waals surface area contributed by atoms with Crippen molar-refractivity contribution in [2.75, 3.05) is 0 Å². The van der Waals surface area contributed by atoms with Crippen LogP contribution in [-0.2, 0) is 6.54 Å². The first kappa shape index (κ1) is 15.4. The van der Waals surface area contributed by atoms with Gasteiger partial charge in [0.05, 0.1) is 18.9 Å². The van der Waals surface area contributed by atoms with E-state index in [1.54, 1.807) is 0 Å². The Hall–Kier alpha value is -2.14. The van der Waals surface area contributed by atoms with E-state index in [4.69, 9.17) is 21.6 Å². The highest BCUT2D eigenvalue weighted by Gasteiger charge is 2.21. The molecule has 1 aromatic carbocycles. The minimum absolute atomic E-state index is 0.329. The maximum absolute atomic E-state index is 5.97. The van der Waals surface area contributed by atoms with Crippen molar-refractivity contribution >= 4 is 22.8 Å². The quantitative estimate of drug-likeness (QED) is 0.787. The van der Waals surface area contributed by atoms with E-state index in [0.717, 1.165) is 45.9 Å². The third-order valence-electron chi connectivity index (χ3n) is 4.18. The molecule has 24 heavy (non-hydrogen) atoms. The lowest BCUT2D eigenvalue weighted by Crippen LogP contribution is -2.15. The number of aromatic nitrogens is 4. The van der Waals surface area contributed by atoms with Crippen molar-refractivity contribution < 1.29 is 0 Å². The molecule has 1 fully saturated rings. The van der Waals surface area contributed by atoms with Crippen molar-refractivity contribution in [1.82, 2.24) is 19.5 Å². The molecule has 6 heteroatoms. The highest BCUT2D eigenvalue weighted by molar-refractivity contribution is 6.30. The Morgan fingerprint density at radius 2 is 2.04 bits per heavy atom. The molecular formula is C18H20ClN5. The molecule has 1 aliphatic rings. The molecule has 0 unspecified atom stereocenters. The van der Waals surface area contributed by atoms with Crippen LogP contribution in [0.1, 0.15) is 44.0 Å². The summed E-state index contributed by atoms with van der Waals surface area (Å²) in [7, 11) is 0. The zero-order chi connectivity index (χ0) is 16.7. The first-order chi connectivity index (χ1) is 11.6. The van der Waals surface area contributed by atoms with E-state index in [2.05, 4.69) is 28.4 Å². The molecule has 0 saturated heterocycles. The van der Waals surface area contributed by atoms with Crippen LogP contribution >= 0.6 is 11.6 Å². The summed E-state index contributed by atoms with van der Waals surface area (Å²) in [5, 5.41) is 0.743. The Labute approximate surface area is 145 Å². The molecule has 1 aliphatic carbocycles. The fourth-order valence-electron chi connectivity index (χ4n) is 2.64. The summed E-state index contributed by atoms with van der Waals surface area (Å²) in [5.74, 6) is 1.30. The van der Waals surface area contributed by atoms with Crippen LogP contribution in [0, 0.1) is 0 Å². The summed E-state index contributed by atoms with van der Waals surface area (Å²) < 4.78 is 2.06. The number of imidazole rings is 1. The van der Waals surface area contributed by atoms with E-state index in [1.165, 1.54) is 0 Å². The van der Waals surface area contributed by atoms with Gasteiger partial charge in [0.15, 0.2) is 11.1 Å². The van der Waals surface area contributed by atoms with Gasteiger partial charge < -0.3 is 9.55 Å². The molecule has 4 rings (SSSR count). The van der Waals surface area contributed by atoms with Crippen LogP contribution in [0.5, 0.6) is 0 Å². The van der Waals surface area contributed by atoms with E-state index in [1.807, 2.05) is 30.6 Å². The zero-order valence-electron chi connectivity index (χ0n) is 13.8. The lowest BCUT2D eigenvalue weighted by atomic mass is 10.2. The number of nitrogens with zero attached hydrogens (tertiary/aromatic N) is 4. The predicted molar refractivity (Wildman–Crippen MR) is 95.1 cm³/mol. The SMILES string of the molecule is CC(C)c1nc2c([nH]1)c(=NC1CC1)ncn2Cc1ccc(Cl)cc1. The Balaban J connectivity index is 1.81. The Morgan fingerprint density at radius 1 is 1.29 bits per heavy atom. The van der Waals surface area contributed by atoms with Gasteiger partial charge in [-0.05, 0) is 30.5 Å². The molecule has 0 amide bonds. The van der Waals surface area contributed by atoms with E-state index >= 15 is 0 Å². The summed E-state index contributed by atoms with van der Waals surface area (Å²) >= 11 is 5.97. The summed E-state index contributed by atoms with van der Waals surface area (Å²) in [6, 6.07) is 8.30. The molecule has 0 spiro atoms. The van der Waals surface area contributed by atoms with Crippen molar-refractivity contribution in [2.24, 2.45) is 4.99 Å². The number of fused-ring (bicyclic) bond motifs is 1. The molecule has 5 nitrogen and oxygen atoms in total. The highest BCUT2D eigenvalue weighted by atomic mass is 35.5. The lowest BCUT2D eigenvalue weighted by molar-refractivity contribution is 0.770. The average molecular weight is 342 g/mol. The van der Waals surface area contributed by atoms with Crippen LogP contribution in [0.15, 0.2) is 35.6 Å². The molecule has 0 bridgehead atoms. The van der Waals surface area contributed by atoms with Crippen LogP contribution in [0.25, 0.3) is 11.2 Å². The van der Waals surface area contributed by atoms with Crippen molar-refractivity contribution in [2.45, 2.75) is 45.2 Å². The van der Waals surface area contributed by atoms with E-state index in [0.29, 0.717) is 18.5 Å². The first-order valence-electron chi connectivity index (χ1n) is 8.33. The van der Waals surface area contributed by atoms with Crippen LogP contribution in [0.3, 0.4) is 0 Å². The Kier molecular flexibility index (Phi) is 3.88. The van der Waals surface area contributed by atoms with E-state index in [-0.39, 0.29) is 0 Å². The van der Waals surface area contributed by atoms with Gasteiger partial charge in [0.25, 0.3) is 0 Å². The lowest BCUT2D eigenvalue weighted by Gasteiger charge is -2.07. The fraction of sp³-hybridized carbons (Fsp3) is 0.389. The second kappa shape index (κ2) is 6.06. The monoisotopic (exact) mass is 341 g/mol. The van der Waals surface area contributed by atoms with Gasteiger partial charge in [0, 0.05) is 10.9 Å². The van der Waals surface area contributed by atoms with Crippen LogP contribution in [0.4, 0.5) is 0 Å². The standard InChI is InChI=1S/C18H20ClN5/c1-11(2)16-22-15-17(21-14-7-8-14)20-10-24(18(15)23-16)9-12-3-5-13(19)6-4-12/h3-6,10-11,14H,7-9H2,1-2H3,(H,22,23). The minimum Gasteiger partial charge on any atom is -0.337 e. The van der Waals surface area contributed by atoms with Gasteiger partial charge in [-0.1, -0.05) is 37.6 Å². The van der Waals surface area contributed by atoms with Crippen molar-refractivity contribution in [3.05, 3.63) is 52.5 Å². The smallest absolute Gasteiger partial charge is 0.176 e. The first-order valence-corrected chi connectivity index (χ1v) is 8.71. The molecule has 124 valence electrons. The van der Waals surface area contributed by atoms with Gasteiger partial charge in [-0.3, -0.25) is 4.99 Å². The summed E-state index contributed by atoms with van der Waals surface area (Å²) in [4.78, 5) is 17.5. The summed E-state index contributed by atoms with van der Waals surface area (Å²) in [5.41, 5.74) is 3.78. The number of rotatable bonds is 4. The van der Waals surface area contributed by atoms with Crippen molar-refractivity contribution in [3.8, 4) is 0 Å². The largest absolute Gasteiger partial charge is 0.337 e.